The second kappa shape index (κ2) is 5.33. The number of hydrogen-bond acceptors (Lipinski definition) is 5. The predicted octanol–water partition coefficient (Wildman–Crippen LogP) is 1.93. The molecule has 0 N–H and O–H groups in total. The summed E-state index contributed by atoms with van der Waals surface area (Å²) in [4.78, 5) is 14.9. The fraction of sp³-hybridized carbons (Fsp3) is 0.812. The summed E-state index contributed by atoms with van der Waals surface area (Å²) in [6.07, 6.45) is 1.91. The van der Waals surface area contributed by atoms with Gasteiger partial charge in [-0.25, -0.2) is 0 Å². The van der Waals surface area contributed by atoms with Gasteiger partial charge in [0.05, 0.1) is 18.6 Å². The Bertz CT molecular complexity index is 569. The normalized spacial score (nSPS) is 28.2. The second-order valence-corrected chi connectivity index (χ2v) is 7.31. The van der Waals surface area contributed by atoms with Gasteiger partial charge in [0.15, 0.2) is 0 Å². The van der Waals surface area contributed by atoms with Gasteiger partial charge in [-0.1, -0.05) is 27.2 Å². The van der Waals surface area contributed by atoms with Crippen LogP contribution in [-0.2, 0) is 14.9 Å². The molecule has 0 aliphatic carbocycles. The molecule has 1 aromatic rings. The highest BCUT2D eigenvalue weighted by Gasteiger charge is 2.57. The molecule has 3 rings (SSSR count). The Labute approximate surface area is 131 Å². The predicted molar refractivity (Wildman–Crippen MR) is 80.3 cm³/mol. The smallest absolute Gasteiger partial charge is 0.228 e. The Kier molecular flexibility index (Phi) is 3.75. The van der Waals surface area contributed by atoms with Gasteiger partial charge in [-0.05, 0) is 6.42 Å². The van der Waals surface area contributed by atoms with E-state index in [1.165, 1.54) is 0 Å². The van der Waals surface area contributed by atoms with E-state index in [1.807, 2.05) is 18.7 Å². The molecule has 122 valence electrons. The molecule has 3 heterocycles. The quantitative estimate of drug-likeness (QED) is 0.850. The number of ether oxygens (including phenoxy) is 1. The van der Waals surface area contributed by atoms with E-state index in [4.69, 9.17) is 9.15 Å². The average molecular weight is 307 g/mol. The molecule has 0 bridgehead atoms. The number of fused-ring (bicyclic) bond motifs is 1. The van der Waals surface area contributed by atoms with Crippen molar-refractivity contribution in [2.45, 2.75) is 46.0 Å². The van der Waals surface area contributed by atoms with Crippen molar-refractivity contribution in [2.24, 2.45) is 11.3 Å². The number of aromatic nitrogens is 2. The topological polar surface area (TPSA) is 68.5 Å². The summed E-state index contributed by atoms with van der Waals surface area (Å²) in [6.45, 7) is 10.5. The van der Waals surface area contributed by atoms with E-state index in [-0.39, 0.29) is 22.7 Å². The molecule has 2 saturated heterocycles. The van der Waals surface area contributed by atoms with Crippen molar-refractivity contribution >= 4 is 5.91 Å². The number of hydrogen-bond donors (Lipinski definition) is 0. The van der Waals surface area contributed by atoms with Gasteiger partial charge in [0.1, 0.15) is 0 Å². The van der Waals surface area contributed by atoms with Crippen LogP contribution in [0.1, 0.15) is 45.4 Å². The lowest BCUT2D eigenvalue weighted by molar-refractivity contribution is -0.140. The van der Waals surface area contributed by atoms with Crippen molar-refractivity contribution in [3.63, 3.8) is 0 Å². The molecule has 6 nitrogen and oxygen atoms in total. The number of rotatable bonds is 4. The highest BCUT2D eigenvalue weighted by Crippen LogP contribution is 2.44. The fourth-order valence-corrected chi connectivity index (χ4v) is 3.85. The van der Waals surface area contributed by atoms with Gasteiger partial charge >= 0.3 is 0 Å². The molecule has 2 aliphatic rings. The highest BCUT2D eigenvalue weighted by molar-refractivity contribution is 5.82. The van der Waals surface area contributed by atoms with Crippen LogP contribution >= 0.6 is 0 Å². The summed E-state index contributed by atoms with van der Waals surface area (Å²) < 4.78 is 11.4. The first-order valence-electron chi connectivity index (χ1n) is 8.07. The van der Waals surface area contributed by atoms with Gasteiger partial charge in [0.25, 0.3) is 0 Å². The maximum absolute atomic E-state index is 12.9. The Morgan fingerprint density at radius 3 is 2.86 bits per heavy atom. The first-order valence-corrected chi connectivity index (χ1v) is 8.07. The second-order valence-electron chi connectivity index (χ2n) is 7.31. The summed E-state index contributed by atoms with van der Waals surface area (Å²) in [5, 5.41) is 8.18. The maximum Gasteiger partial charge on any atom is 0.228 e. The molecule has 22 heavy (non-hydrogen) atoms. The zero-order chi connectivity index (χ0) is 16.0. The zero-order valence-corrected chi connectivity index (χ0v) is 13.9. The lowest BCUT2D eigenvalue weighted by atomic mass is 9.81. The number of amides is 1. The van der Waals surface area contributed by atoms with Crippen LogP contribution in [0, 0.1) is 18.3 Å². The van der Waals surface area contributed by atoms with E-state index >= 15 is 0 Å². The number of nitrogens with zero attached hydrogens (tertiary/aromatic N) is 3. The molecule has 2 atom stereocenters. The summed E-state index contributed by atoms with van der Waals surface area (Å²) in [5.74, 6) is 1.65. The lowest BCUT2D eigenvalue weighted by Gasteiger charge is -2.30. The molecule has 6 heteroatoms. The molecule has 0 saturated carbocycles. The van der Waals surface area contributed by atoms with Crippen LogP contribution in [0.5, 0.6) is 0 Å². The van der Waals surface area contributed by atoms with E-state index in [0.29, 0.717) is 38.1 Å². The van der Waals surface area contributed by atoms with Gasteiger partial charge in [-0.3, -0.25) is 4.79 Å². The standard InChI is InChI=1S/C16H25N3O3/c1-5-6-15(3,4)14(20)19-7-12-8-21-10-16(12,9-19)13-18-17-11(2)22-13/h12H,5-10H2,1-4H3/t12-,16-/m1/s1. The molecular weight excluding hydrogens is 282 g/mol. The van der Waals surface area contributed by atoms with Crippen molar-refractivity contribution in [1.29, 1.82) is 0 Å². The van der Waals surface area contributed by atoms with E-state index in [1.54, 1.807) is 6.92 Å². The zero-order valence-electron chi connectivity index (χ0n) is 13.9. The molecule has 1 amide bonds. The molecule has 1 aromatic heterocycles. The van der Waals surface area contributed by atoms with Crippen LogP contribution < -0.4 is 0 Å². The maximum atomic E-state index is 12.9. The largest absolute Gasteiger partial charge is 0.425 e. The van der Waals surface area contributed by atoms with E-state index in [9.17, 15) is 4.79 Å². The van der Waals surface area contributed by atoms with Crippen LogP contribution in [0.3, 0.4) is 0 Å². The van der Waals surface area contributed by atoms with Gasteiger partial charge < -0.3 is 14.1 Å². The summed E-state index contributed by atoms with van der Waals surface area (Å²) in [6, 6.07) is 0. The molecule has 0 spiro atoms. The Balaban J connectivity index is 1.84. The highest BCUT2D eigenvalue weighted by atomic mass is 16.5. The Morgan fingerprint density at radius 1 is 1.45 bits per heavy atom. The van der Waals surface area contributed by atoms with Crippen molar-refractivity contribution in [3.8, 4) is 0 Å². The van der Waals surface area contributed by atoms with E-state index in [0.717, 1.165) is 12.8 Å². The molecule has 0 radical (unpaired) electrons. The van der Waals surface area contributed by atoms with Crippen molar-refractivity contribution in [3.05, 3.63) is 11.8 Å². The molecule has 0 aromatic carbocycles. The molecular formula is C16H25N3O3. The third-order valence-corrected chi connectivity index (χ3v) is 5.07. The SMILES string of the molecule is CCCC(C)(C)C(=O)N1C[C@@H]2COC[C@]2(c2nnc(C)o2)C1. The van der Waals surface area contributed by atoms with Gasteiger partial charge in [-0.2, -0.15) is 0 Å². The van der Waals surface area contributed by atoms with E-state index in [2.05, 4.69) is 17.1 Å². The first-order chi connectivity index (χ1) is 10.4. The Morgan fingerprint density at radius 2 is 2.23 bits per heavy atom. The third-order valence-electron chi connectivity index (χ3n) is 5.07. The van der Waals surface area contributed by atoms with Crippen molar-refractivity contribution < 1.29 is 13.9 Å². The lowest BCUT2D eigenvalue weighted by Crippen LogP contribution is -2.42. The number of carbonyl (C=O) groups excluding carboxylic acids is 1. The van der Waals surface area contributed by atoms with Gasteiger partial charge in [-0.15, -0.1) is 10.2 Å². The summed E-state index contributed by atoms with van der Waals surface area (Å²) >= 11 is 0. The summed E-state index contributed by atoms with van der Waals surface area (Å²) in [7, 11) is 0. The summed E-state index contributed by atoms with van der Waals surface area (Å²) in [5.41, 5.74) is -0.639. The molecule has 2 fully saturated rings. The minimum atomic E-state index is -0.320. The minimum Gasteiger partial charge on any atom is -0.425 e. The molecule has 2 aliphatic heterocycles. The van der Waals surface area contributed by atoms with Crippen LogP contribution in [0.25, 0.3) is 0 Å². The number of likely N-dealkylation sites (tertiary alicyclic amines) is 1. The Hall–Kier alpha value is -1.43. The van der Waals surface area contributed by atoms with Crippen LogP contribution in [0.4, 0.5) is 0 Å². The van der Waals surface area contributed by atoms with Gasteiger partial charge in [0, 0.05) is 31.3 Å². The van der Waals surface area contributed by atoms with Crippen molar-refractivity contribution in [1.82, 2.24) is 15.1 Å². The van der Waals surface area contributed by atoms with Crippen LogP contribution in [0.15, 0.2) is 4.42 Å². The number of carbonyl (C=O) groups is 1. The van der Waals surface area contributed by atoms with Gasteiger partial charge in [0.2, 0.25) is 17.7 Å². The van der Waals surface area contributed by atoms with Crippen LogP contribution in [-0.4, -0.2) is 47.3 Å². The minimum absolute atomic E-state index is 0.222. The molecule has 0 unspecified atom stereocenters. The monoisotopic (exact) mass is 307 g/mol. The van der Waals surface area contributed by atoms with Crippen molar-refractivity contribution in [2.75, 3.05) is 26.3 Å². The average Bonchev–Trinajstić information content (AvgIpc) is 3.10. The number of aryl methyl sites for hydroxylation is 1. The third kappa shape index (κ3) is 2.33. The first kappa shape index (κ1) is 15.5. The fourth-order valence-electron chi connectivity index (χ4n) is 3.85. The van der Waals surface area contributed by atoms with E-state index < -0.39 is 0 Å². The van der Waals surface area contributed by atoms with Crippen LogP contribution in [0.2, 0.25) is 0 Å².